The average Bonchev–Trinajstić information content (AvgIpc) is 2.42. The van der Waals surface area contributed by atoms with Gasteiger partial charge in [0.2, 0.25) is 5.91 Å². The molecule has 0 unspecified atom stereocenters. The molecule has 0 bridgehead atoms. The lowest BCUT2D eigenvalue weighted by Crippen LogP contribution is -2.12. The van der Waals surface area contributed by atoms with E-state index in [2.05, 4.69) is 5.32 Å². The maximum atomic E-state index is 11.0. The van der Waals surface area contributed by atoms with E-state index in [1.54, 1.807) is 0 Å². The van der Waals surface area contributed by atoms with Gasteiger partial charge in [-0.3, -0.25) is 14.9 Å². The van der Waals surface area contributed by atoms with Crippen LogP contribution in [0.4, 0.5) is 11.4 Å². The Hall–Kier alpha value is -2.15. The van der Waals surface area contributed by atoms with Gasteiger partial charge in [-0.15, -0.1) is 0 Å². The number of nitrogens with two attached hydrogens (primary N) is 1. The van der Waals surface area contributed by atoms with Crippen molar-refractivity contribution in [2.24, 2.45) is 5.73 Å². The fraction of sp³-hybridized carbons (Fsp3) is 0.462. The minimum Gasteiger partial charge on any atom is -0.381 e. The summed E-state index contributed by atoms with van der Waals surface area (Å²) in [6.07, 6.45) is 1.71. The summed E-state index contributed by atoms with van der Waals surface area (Å²) in [5, 5.41) is 13.9. The number of hydrogen-bond donors (Lipinski definition) is 2. The highest BCUT2D eigenvalue weighted by Gasteiger charge is 2.15. The number of nitrogens with zero attached hydrogens (tertiary/aromatic N) is 1. The minimum atomic E-state index is -0.687. The number of hydrogen-bond acceptors (Lipinski definition) is 5. The highest BCUT2D eigenvalue weighted by Crippen LogP contribution is 2.25. The van der Waals surface area contributed by atoms with Gasteiger partial charge in [0.05, 0.1) is 4.92 Å². The molecule has 0 saturated carbocycles. The zero-order valence-corrected chi connectivity index (χ0v) is 11.4. The zero-order chi connectivity index (χ0) is 15.0. The van der Waals surface area contributed by atoms with E-state index in [1.807, 2.05) is 6.92 Å². The van der Waals surface area contributed by atoms with Gasteiger partial charge in [0.15, 0.2) is 0 Å². The molecule has 1 aromatic carbocycles. The Morgan fingerprint density at radius 1 is 1.45 bits per heavy atom. The van der Waals surface area contributed by atoms with Crippen LogP contribution >= 0.6 is 0 Å². The molecule has 0 radical (unpaired) electrons. The molecule has 0 saturated heterocycles. The van der Waals surface area contributed by atoms with Crippen molar-refractivity contribution in [3.63, 3.8) is 0 Å². The van der Waals surface area contributed by atoms with Gasteiger partial charge in [0.1, 0.15) is 5.69 Å². The normalized spacial score (nSPS) is 10.2. The first-order valence-electron chi connectivity index (χ1n) is 6.46. The van der Waals surface area contributed by atoms with Crippen molar-refractivity contribution in [1.82, 2.24) is 0 Å². The molecular formula is C13H19N3O4. The molecule has 110 valence electrons. The van der Waals surface area contributed by atoms with Crippen molar-refractivity contribution in [1.29, 1.82) is 0 Å². The van der Waals surface area contributed by atoms with E-state index < -0.39 is 10.8 Å². The van der Waals surface area contributed by atoms with Crippen LogP contribution in [0.5, 0.6) is 0 Å². The molecule has 0 aliphatic rings. The van der Waals surface area contributed by atoms with Gasteiger partial charge >= 0.3 is 0 Å². The van der Waals surface area contributed by atoms with Gasteiger partial charge in [-0.05, 0) is 25.0 Å². The van der Waals surface area contributed by atoms with Crippen LogP contribution in [-0.2, 0) is 4.74 Å². The first kappa shape index (κ1) is 15.9. The number of nitrogens with one attached hydrogen (secondary N) is 1. The summed E-state index contributed by atoms with van der Waals surface area (Å²) >= 11 is 0. The van der Waals surface area contributed by atoms with Gasteiger partial charge in [0.25, 0.3) is 5.69 Å². The van der Waals surface area contributed by atoms with Crippen molar-refractivity contribution in [2.75, 3.05) is 25.1 Å². The molecule has 0 spiro atoms. The number of amides is 1. The van der Waals surface area contributed by atoms with Gasteiger partial charge in [-0.25, -0.2) is 0 Å². The lowest BCUT2D eigenvalue weighted by atomic mass is 10.1. The molecule has 1 amide bonds. The number of nitro benzene ring substituents is 1. The predicted molar refractivity (Wildman–Crippen MR) is 75.8 cm³/mol. The number of rotatable bonds is 9. The number of carbonyl (C=O) groups is 1. The zero-order valence-electron chi connectivity index (χ0n) is 11.4. The lowest BCUT2D eigenvalue weighted by Gasteiger charge is -2.08. The van der Waals surface area contributed by atoms with Crippen LogP contribution < -0.4 is 11.1 Å². The lowest BCUT2D eigenvalue weighted by molar-refractivity contribution is -0.384. The fourth-order valence-electron chi connectivity index (χ4n) is 1.63. The largest absolute Gasteiger partial charge is 0.381 e. The summed E-state index contributed by atoms with van der Waals surface area (Å²) < 4.78 is 5.31. The van der Waals surface area contributed by atoms with E-state index in [-0.39, 0.29) is 11.3 Å². The Morgan fingerprint density at radius 3 is 2.80 bits per heavy atom. The number of anilines is 1. The summed E-state index contributed by atoms with van der Waals surface area (Å²) in [5.41, 5.74) is 5.44. The third kappa shape index (κ3) is 4.85. The summed E-state index contributed by atoms with van der Waals surface area (Å²) in [4.78, 5) is 21.4. The molecule has 0 aliphatic heterocycles. The highest BCUT2D eigenvalue weighted by molar-refractivity contribution is 5.94. The van der Waals surface area contributed by atoms with Crippen molar-refractivity contribution in [2.45, 2.75) is 19.8 Å². The summed E-state index contributed by atoms with van der Waals surface area (Å²) in [6, 6.07) is 4.13. The summed E-state index contributed by atoms with van der Waals surface area (Å²) in [6.45, 7) is 3.91. The maximum absolute atomic E-state index is 11.0. The van der Waals surface area contributed by atoms with Gasteiger partial charge in [0, 0.05) is 31.4 Å². The second-order valence-electron chi connectivity index (χ2n) is 4.25. The minimum absolute atomic E-state index is 0.119. The van der Waals surface area contributed by atoms with E-state index in [4.69, 9.17) is 10.5 Å². The molecule has 0 heterocycles. The second-order valence-corrected chi connectivity index (χ2v) is 4.25. The van der Waals surface area contributed by atoms with Crippen molar-refractivity contribution >= 4 is 17.3 Å². The third-order valence-corrected chi connectivity index (χ3v) is 2.61. The molecule has 7 heteroatoms. The number of carbonyl (C=O) groups excluding carboxylic acids is 1. The molecule has 0 atom stereocenters. The molecule has 3 N–H and O–H groups in total. The Balaban J connectivity index is 2.60. The Morgan fingerprint density at radius 2 is 2.20 bits per heavy atom. The Kier molecular flexibility index (Phi) is 6.45. The predicted octanol–water partition coefficient (Wildman–Crippen LogP) is 1.92. The van der Waals surface area contributed by atoms with Crippen molar-refractivity contribution in [3.8, 4) is 0 Å². The van der Waals surface area contributed by atoms with Gasteiger partial charge in [-0.1, -0.05) is 6.92 Å². The molecule has 0 aliphatic carbocycles. The van der Waals surface area contributed by atoms with E-state index in [0.29, 0.717) is 25.4 Å². The molecular weight excluding hydrogens is 262 g/mol. The Labute approximate surface area is 117 Å². The van der Waals surface area contributed by atoms with Gasteiger partial charge in [-0.2, -0.15) is 0 Å². The first-order chi connectivity index (χ1) is 9.56. The summed E-state index contributed by atoms with van der Waals surface area (Å²) in [7, 11) is 0. The maximum Gasteiger partial charge on any atom is 0.293 e. The number of ether oxygens (including phenoxy) is 1. The van der Waals surface area contributed by atoms with Crippen LogP contribution in [0, 0.1) is 10.1 Å². The van der Waals surface area contributed by atoms with Crippen LogP contribution in [0.25, 0.3) is 0 Å². The SMILES string of the molecule is CCCOCCCNc1ccc(C(N)=O)cc1[N+](=O)[O-]. The molecule has 0 aromatic heterocycles. The standard InChI is InChI=1S/C13H19N3O4/c1-2-7-20-8-3-6-15-11-5-4-10(13(14)17)9-12(11)16(18)19/h4-5,9,15H,2-3,6-8H2,1H3,(H2,14,17). The smallest absolute Gasteiger partial charge is 0.293 e. The van der Waals surface area contributed by atoms with Crippen LogP contribution in [0.2, 0.25) is 0 Å². The van der Waals surface area contributed by atoms with Crippen LogP contribution in [0.15, 0.2) is 18.2 Å². The van der Waals surface area contributed by atoms with Gasteiger partial charge < -0.3 is 15.8 Å². The molecule has 1 rings (SSSR count). The third-order valence-electron chi connectivity index (χ3n) is 2.61. The van der Waals surface area contributed by atoms with Crippen molar-refractivity contribution < 1.29 is 14.5 Å². The van der Waals surface area contributed by atoms with E-state index in [9.17, 15) is 14.9 Å². The molecule has 20 heavy (non-hydrogen) atoms. The second kappa shape index (κ2) is 8.11. The Bertz CT molecular complexity index is 477. The van der Waals surface area contributed by atoms with Crippen LogP contribution in [0.3, 0.4) is 0 Å². The van der Waals surface area contributed by atoms with E-state index in [0.717, 1.165) is 12.8 Å². The first-order valence-corrected chi connectivity index (χ1v) is 6.46. The van der Waals surface area contributed by atoms with E-state index >= 15 is 0 Å². The average molecular weight is 281 g/mol. The quantitative estimate of drug-likeness (QED) is 0.408. The topological polar surface area (TPSA) is 107 Å². The van der Waals surface area contributed by atoms with Crippen molar-refractivity contribution in [3.05, 3.63) is 33.9 Å². The van der Waals surface area contributed by atoms with E-state index in [1.165, 1.54) is 18.2 Å². The fourth-order valence-corrected chi connectivity index (χ4v) is 1.63. The monoisotopic (exact) mass is 281 g/mol. The summed E-state index contributed by atoms with van der Waals surface area (Å²) in [5.74, 6) is -0.687. The number of primary amides is 1. The molecule has 1 aromatic rings. The van der Waals surface area contributed by atoms with Crippen LogP contribution in [-0.4, -0.2) is 30.6 Å². The van der Waals surface area contributed by atoms with Crippen LogP contribution in [0.1, 0.15) is 30.1 Å². The highest BCUT2D eigenvalue weighted by atomic mass is 16.6. The molecule has 0 fully saturated rings. The number of nitro groups is 1. The number of benzene rings is 1. The molecule has 7 nitrogen and oxygen atoms in total.